The zero-order valence-corrected chi connectivity index (χ0v) is 17.8. The van der Waals surface area contributed by atoms with E-state index in [9.17, 15) is 4.79 Å². The van der Waals surface area contributed by atoms with Crippen molar-refractivity contribution in [3.8, 4) is 11.4 Å². The number of nitrogens with zero attached hydrogens (tertiary/aromatic N) is 4. The molecule has 0 fully saturated rings. The molecule has 1 N–H and O–H groups in total. The van der Waals surface area contributed by atoms with Crippen LogP contribution in [0.15, 0.2) is 66.6 Å². The molecule has 0 aliphatic heterocycles. The number of pyridine rings is 1. The third-order valence-electron chi connectivity index (χ3n) is 5.30. The number of benzene rings is 1. The molecule has 2 heterocycles. The Morgan fingerprint density at radius 3 is 2.90 bits per heavy atom. The van der Waals surface area contributed by atoms with Gasteiger partial charge >= 0.3 is 0 Å². The largest absolute Gasteiger partial charge is 0.348 e. The summed E-state index contributed by atoms with van der Waals surface area (Å²) in [5.74, 6) is 0.758. The van der Waals surface area contributed by atoms with Crippen molar-refractivity contribution in [2.24, 2.45) is 0 Å². The molecule has 1 aliphatic rings. The molecule has 0 unspecified atom stereocenters. The van der Waals surface area contributed by atoms with Gasteiger partial charge in [0.1, 0.15) is 0 Å². The van der Waals surface area contributed by atoms with E-state index in [0.717, 1.165) is 30.7 Å². The van der Waals surface area contributed by atoms with Crippen LogP contribution in [0.1, 0.15) is 36.9 Å². The van der Waals surface area contributed by atoms with E-state index in [4.69, 9.17) is 0 Å². The highest BCUT2D eigenvalue weighted by Gasteiger charge is 2.25. The first-order valence-corrected chi connectivity index (χ1v) is 11.0. The normalized spacial score (nSPS) is 16.5. The molecular weight excluding hydrogens is 394 g/mol. The third-order valence-corrected chi connectivity index (χ3v) is 6.38. The van der Waals surface area contributed by atoms with Crippen molar-refractivity contribution in [3.05, 3.63) is 72.6 Å². The second kappa shape index (κ2) is 9.26. The molecule has 7 heteroatoms. The SMILES string of the molecule is C=CCn1c(S[C@@H](C)C(=O)N[C@H]2CCCc3ccccc32)nnc1-c1ccncc1. The van der Waals surface area contributed by atoms with Gasteiger partial charge in [0.15, 0.2) is 11.0 Å². The minimum absolute atomic E-state index is 0.0142. The number of hydrogen-bond donors (Lipinski definition) is 1. The van der Waals surface area contributed by atoms with Gasteiger partial charge in [0.2, 0.25) is 5.91 Å². The number of amides is 1. The Morgan fingerprint density at radius 1 is 1.30 bits per heavy atom. The molecule has 3 aromatic rings. The lowest BCUT2D eigenvalue weighted by molar-refractivity contribution is -0.121. The minimum atomic E-state index is -0.294. The summed E-state index contributed by atoms with van der Waals surface area (Å²) in [6.07, 6.45) is 8.41. The lowest BCUT2D eigenvalue weighted by Gasteiger charge is -2.27. The first-order valence-electron chi connectivity index (χ1n) is 10.2. The van der Waals surface area contributed by atoms with Gasteiger partial charge in [-0.25, -0.2) is 0 Å². The van der Waals surface area contributed by atoms with Gasteiger partial charge in [-0.15, -0.1) is 16.8 Å². The molecule has 0 spiro atoms. The van der Waals surface area contributed by atoms with Gasteiger partial charge in [-0.3, -0.25) is 14.3 Å². The van der Waals surface area contributed by atoms with Crippen LogP contribution in [0.3, 0.4) is 0 Å². The average Bonchev–Trinajstić information content (AvgIpc) is 3.17. The number of carbonyl (C=O) groups is 1. The summed E-state index contributed by atoms with van der Waals surface area (Å²) < 4.78 is 1.98. The molecule has 6 nitrogen and oxygen atoms in total. The number of allylic oxidation sites excluding steroid dienone is 1. The number of aromatic nitrogens is 4. The maximum absolute atomic E-state index is 13.0. The summed E-state index contributed by atoms with van der Waals surface area (Å²) >= 11 is 1.42. The smallest absolute Gasteiger partial charge is 0.233 e. The summed E-state index contributed by atoms with van der Waals surface area (Å²) in [5, 5.41) is 12.3. The second-order valence-electron chi connectivity index (χ2n) is 7.35. The van der Waals surface area contributed by atoms with E-state index < -0.39 is 0 Å². The molecule has 1 amide bonds. The fourth-order valence-electron chi connectivity index (χ4n) is 3.79. The van der Waals surface area contributed by atoms with E-state index in [0.29, 0.717) is 11.7 Å². The molecule has 4 rings (SSSR count). The number of rotatable bonds is 7. The van der Waals surface area contributed by atoms with Gasteiger partial charge in [0.05, 0.1) is 11.3 Å². The van der Waals surface area contributed by atoms with E-state index in [1.807, 2.05) is 35.8 Å². The first kappa shape index (κ1) is 20.3. The van der Waals surface area contributed by atoms with Crippen molar-refractivity contribution in [1.82, 2.24) is 25.1 Å². The Labute approximate surface area is 180 Å². The number of fused-ring (bicyclic) bond motifs is 1. The van der Waals surface area contributed by atoms with Gasteiger partial charge in [-0.2, -0.15) is 0 Å². The van der Waals surface area contributed by atoms with Crippen LogP contribution < -0.4 is 5.32 Å². The number of nitrogens with one attached hydrogen (secondary N) is 1. The number of carbonyl (C=O) groups excluding carboxylic acids is 1. The molecule has 0 saturated heterocycles. The highest BCUT2D eigenvalue weighted by atomic mass is 32.2. The standard InChI is InChI=1S/C23H25N5OS/c1-3-15-28-21(18-11-13-24-14-12-18)26-27-23(28)30-16(2)22(29)25-20-10-6-8-17-7-4-5-9-19(17)20/h3-5,7,9,11-14,16,20H,1,6,8,10,15H2,2H3,(H,25,29)/t16-,20-/m0/s1. The first-order chi connectivity index (χ1) is 14.7. The van der Waals surface area contributed by atoms with Crippen molar-refractivity contribution in [3.63, 3.8) is 0 Å². The fourth-order valence-corrected chi connectivity index (χ4v) is 4.66. The summed E-state index contributed by atoms with van der Waals surface area (Å²) in [6.45, 7) is 6.32. The summed E-state index contributed by atoms with van der Waals surface area (Å²) in [7, 11) is 0. The van der Waals surface area contributed by atoms with Gasteiger partial charge in [0.25, 0.3) is 0 Å². The highest BCUT2D eigenvalue weighted by Crippen LogP contribution is 2.31. The Bertz CT molecular complexity index is 1030. The maximum atomic E-state index is 13.0. The van der Waals surface area contributed by atoms with E-state index in [1.165, 1.54) is 22.9 Å². The number of thioether (sulfide) groups is 1. The Morgan fingerprint density at radius 2 is 2.10 bits per heavy atom. The van der Waals surface area contributed by atoms with Gasteiger partial charge in [-0.05, 0) is 49.4 Å². The maximum Gasteiger partial charge on any atom is 0.233 e. The van der Waals surface area contributed by atoms with Gasteiger partial charge < -0.3 is 5.32 Å². The monoisotopic (exact) mass is 419 g/mol. The van der Waals surface area contributed by atoms with Crippen LogP contribution in [0.2, 0.25) is 0 Å². The van der Waals surface area contributed by atoms with Crippen LogP contribution in [-0.4, -0.2) is 30.9 Å². The molecule has 0 radical (unpaired) electrons. The molecule has 0 saturated carbocycles. The van der Waals surface area contributed by atoms with Crippen LogP contribution in [0.4, 0.5) is 0 Å². The third kappa shape index (κ3) is 4.31. The topological polar surface area (TPSA) is 72.7 Å². The average molecular weight is 420 g/mol. The van der Waals surface area contributed by atoms with Crippen molar-refractivity contribution < 1.29 is 4.79 Å². The van der Waals surface area contributed by atoms with Gasteiger partial charge in [-0.1, -0.05) is 42.1 Å². The molecule has 0 bridgehead atoms. The summed E-state index contributed by atoms with van der Waals surface area (Å²) in [6, 6.07) is 12.3. The zero-order chi connectivity index (χ0) is 20.9. The molecular formula is C23H25N5OS. The van der Waals surface area contributed by atoms with Crippen LogP contribution in [0.25, 0.3) is 11.4 Å². The predicted molar refractivity (Wildman–Crippen MR) is 119 cm³/mol. The molecule has 30 heavy (non-hydrogen) atoms. The second-order valence-corrected chi connectivity index (χ2v) is 8.66. The van der Waals surface area contributed by atoms with Crippen LogP contribution in [-0.2, 0) is 17.8 Å². The fraction of sp³-hybridized carbons (Fsp3) is 0.304. The lowest BCUT2D eigenvalue weighted by atomic mass is 9.88. The molecule has 2 atom stereocenters. The minimum Gasteiger partial charge on any atom is -0.348 e. The van der Waals surface area contributed by atoms with Gasteiger partial charge in [0, 0.05) is 24.5 Å². The number of aryl methyl sites for hydroxylation is 1. The van der Waals surface area contributed by atoms with Crippen molar-refractivity contribution >= 4 is 17.7 Å². The lowest BCUT2D eigenvalue weighted by Crippen LogP contribution is -2.36. The highest BCUT2D eigenvalue weighted by molar-refractivity contribution is 8.00. The van der Waals surface area contributed by atoms with E-state index >= 15 is 0 Å². The summed E-state index contributed by atoms with van der Waals surface area (Å²) in [4.78, 5) is 17.0. The Balaban J connectivity index is 1.49. The Kier molecular flexibility index (Phi) is 6.28. The summed E-state index contributed by atoms with van der Waals surface area (Å²) in [5.41, 5.74) is 3.51. The number of hydrogen-bond acceptors (Lipinski definition) is 5. The molecule has 2 aromatic heterocycles. The van der Waals surface area contributed by atoms with E-state index in [1.54, 1.807) is 12.4 Å². The van der Waals surface area contributed by atoms with Crippen molar-refractivity contribution in [2.45, 2.75) is 49.2 Å². The van der Waals surface area contributed by atoms with Crippen LogP contribution in [0, 0.1) is 0 Å². The van der Waals surface area contributed by atoms with Crippen LogP contribution >= 0.6 is 11.8 Å². The zero-order valence-electron chi connectivity index (χ0n) is 17.0. The van der Waals surface area contributed by atoms with Crippen LogP contribution in [0.5, 0.6) is 0 Å². The van der Waals surface area contributed by atoms with E-state index in [2.05, 4.69) is 45.3 Å². The van der Waals surface area contributed by atoms with Crippen molar-refractivity contribution in [1.29, 1.82) is 0 Å². The molecule has 154 valence electrons. The Hall–Kier alpha value is -2.93. The predicted octanol–water partition coefficient (Wildman–Crippen LogP) is 4.20. The van der Waals surface area contributed by atoms with E-state index in [-0.39, 0.29) is 17.2 Å². The quantitative estimate of drug-likeness (QED) is 0.459. The molecule has 1 aliphatic carbocycles. The van der Waals surface area contributed by atoms with Crippen molar-refractivity contribution in [2.75, 3.05) is 0 Å². The molecule has 1 aromatic carbocycles.